The van der Waals surface area contributed by atoms with Crippen molar-refractivity contribution in [3.8, 4) is 0 Å². The minimum Gasteiger partial charge on any atom is -0.353 e. The fraction of sp³-hybridized carbons (Fsp3) is 0.933. The smallest absolute Gasteiger partial charge is 0.234 e. The number of hydrogen-bond acceptors (Lipinski definition) is 3. The lowest BCUT2D eigenvalue weighted by Gasteiger charge is -2.39. The summed E-state index contributed by atoms with van der Waals surface area (Å²) in [5.74, 6) is 0.141. The predicted octanol–water partition coefficient (Wildman–Crippen LogP) is 1.88. The summed E-state index contributed by atoms with van der Waals surface area (Å²) in [5.41, 5.74) is 6.07. The Morgan fingerprint density at radius 1 is 1.37 bits per heavy atom. The molecule has 1 rings (SSSR count). The van der Waals surface area contributed by atoms with Crippen LogP contribution in [-0.2, 0) is 4.79 Å². The van der Waals surface area contributed by atoms with Gasteiger partial charge >= 0.3 is 0 Å². The zero-order chi connectivity index (χ0) is 14.3. The molecule has 19 heavy (non-hydrogen) atoms. The summed E-state index contributed by atoms with van der Waals surface area (Å²) >= 11 is 0. The van der Waals surface area contributed by atoms with Gasteiger partial charge in [0.2, 0.25) is 5.91 Å². The maximum atomic E-state index is 12.1. The molecule has 0 aliphatic heterocycles. The van der Waals surface area contributed by atoms with E-state index in [-0.39, 0.29) is 17.5 Å². The van der Waals surface area contributed by atoms with Gasteiger partial charge in [0, 0.05) is 18.1 Å². The normalized spacial score (nSPS) is 19.6. The average Bonchev–Trinajstić information content (AvgIpc) is 2.86. The van der Waals surface area contributed by atoms with Crippen LogP contribution in [0.15, 0.2) is 0 Å². The second-order valence-electron chi connectivity index (χ2n) is 5.91. The van der Waals surface area contributed by atoms with E-state index >= 15 is 0 Å². The molecule has 0 aromatic carbocycles. The highest BCUT2D eigenvalue weighted by atomic mass is 16.2. The van der Waals surface area contributed by atoms with Crippen LogP contribution in [0.3, 0.4) is 0 Å². The number of nitrogens with two attached hydrogens (primary N) is 1. The van der Waals surface area contributed by atoms with Gasteiger partial charge in [0.05, 0.1) is 6.54 Å². The van der Waals surface area contributed by atoms with Gasteiger partial charge in [-0.25, -0.2) is 0 Å². The van der Waals surface area contributed by atoms with Gasteiger partial charge in [-0.1, -0.05) is 33.1 Å². The van der Waals surface area contributed by atoms with Gasteiger partial charge in [-0.2, -0.15) is 0 Å². The average molecular weight is 269 g/mol. The van der Waals surface area contributed by atoms with E-state index < -0.39 is 0 Å². The molecule has 1 amide bonds. The summed E-state index contributed by atoms with van der Waals surface area (Å²) in [4.78, 5) is 14.4. The molecule has 0 heterocycles. The standard InChI is InChI=1S/C15H31N3O/c1-4-8-13(3)17-14(19)11-18(5-2)15(12-16)9-6-7-10-15/h13H,4-12,16H2,1-3H3,(H,17,19). The zero-order valence-electron chi connectivity index (χ0n) is 12.9. The van der Waals surface area contributed by atoms with Crippen molar-refractivity contribution in [2.75, 3.05) is 19.6 Å². The second kappa shape index (κ2) is 7.85. The number of carbonyl (C=O) groups excluding carboxylic acids is 1. The maximum Gasteiger partial charge on any atom is 0.234 e. The fourth-order valence-electron chi connectivity index (χ4n) is 3.30. The van der Waals surface area contributed by atoms with E-state index in [0.717, 1.165) is 32.2 Å². The lowest BCUT2D eigenvalue weighted by Crippen LogP contribution is -2.55. The molecule has 0 saturated heterocycles. The number of nitrogens with one attached hydrogen (secondary N) is 1. The van der Waals surface area contributed by atoms with Crippen LogP contribution in [0.5, 0.6) is 0 Å². The molecule has 1 atom stereocenters. The van der Waals surface area contributed by atoms with Gasteiger partial charge in [-0.3, -0.25) is 9.69 Å². The second-order valence-corrected chi connectivity index (χ2v) is 5.91. The lowest BCUT2D eigenvalue weighted by atomic mass is 9.95. The number of amides is 1. The van der Waals surface area contributed by atoms with Crippen molar-refractivity contribution in [2.45, 2.75) is 70.9 Å². The Hall–Kier alpha value is -0.610. The lowest BCUT2D eigenvalue weighted by molar-refractivity contribution is -0.124. The highest BCUT2D eigenvalue weighted by Gasteiger charge is 2.38. The van der Waals surface area contributed by atoms with Gasteiger partial charge in [-0.15, -0.1) is 0 Å². The number of carbonyl (C=O) groups is 1. The molecule has 1 unspecified atom stereocenters. The molecule has 1 saturated carbocycles. The first-order valence-electron chi connectivity index (χ1n) is 7.82. The number of hydrogen-bond donors (Lipinski definition) is 2. The van der Waals surface area contributed by atoms with Crippen LogP contribution >= 0.6 is 0 Å². The minimum atomic E-state index is 0.0695. The SMILES string of the molecule is CCCC(C)NC(=O)CN(CC)C1(CN)CCCC1. The molecular weight excluding hydrogens is 238 g/mol. The van der Waals surface area contributed by atoms with Gasteiger partial charge in [0.25, 0.3) is 0 Å². The Bertz CT molecular complexity index is 275. The summed E-state index contributed by atoms with van der Waals surface area (Å²) in [6.07, 6.45) is 6.89. The number of likely N-dealkylation sites (N-methyl/N-ethyl adjacent to an activating group) is 1. The van der Waals surface area contributed by atoms with E-state index in [1.807, 2.05) is 0 Å². The van der Waals surface area contributed by atoms with Gasteiger partial charge < -0.3 is 11.1 Å². The maximum absolute atomic E-state index is 12.1. The largest absolute Gasteiger partial charge is 0.353 e. The van der Waals surface area contributed by atoms with E-state index in [2.05, 4.69) is 31.0 Å². The molecule has 0 aromatic heterocycles. The Balaban J connectivity index is 2.53. The van der Waals surface area contributed by atoms with Crippen LogP contribution in [0.25, 0.3) is 0 Å². The van der Waals surface area contributed by atoms with Crippen LogP contribution in [0.1, 0.15) is 59.3 Å². The molecule has 0 bridgehead atoms. The van der Waals surface area contributed by atoms with Gasteiger partial charge in [-0.05, 0) is 32.7 Å². The predicted molar refractivity (Wildman–Crippen MR) is 80.0 cm³/mol. The van der Waals surface area contributed by atoms with Crippen molar-refractivity contribution in [3.63, 3.8) is 0 Å². The summed E-state index contributed by atoms with van der Waals surface area (Å²) in [6.45, 7) is 8.39. The molecule has 1 aliphatic carbocycles. The van der Waals surface area contributed by atoms with E-state index in [1.165, 1.54) is 12.8 Å². The molecule has 0 spiro atoms. The zero-order valence-corrected chi connectivity index (χ0v) is 12.9. The Labute approximate surface area is 118 Å². The van der Waals surface area contributed by atoms with Crippen LogP contribution < -0.4 is 11.1 Å². The van der Waals surface area contributed by atoms with Crippen molar-refractivity contribution in [1.29, 1.82) is 0 Å². The topological polar surface area (TPSA) is 58.4 Å². The molecule has 1 fully saturated rings. The van der Waals surface area contributed by atoms with Crippen molar-refractivity contribution in [3.05, 3.63) is 0 Å². The van der Waals surface area contributed by atoms with Gasteiger partial charge in [0.15, 0.2) is 0 Å². The fourth-order valence-corrected chi connectivity index (χ4v) is 3.30. The highest BCUT2D eigenvalue weighted by Crippen LogP contribution is 2.34. The first-order chi connectivity index (χ1) is 9.07. The minimum absolute atomic E-state index is 0.0695. The summed E-state index contributed by atoms with van der Waals surface area (Å²) in [6, 6.07) is 0.272. The molecule has 112 valence electrons. The third-order valence-electron chi connectivity index (χ3n) is 4.43. The van der Waals surface area contributed by atoms with E-state index in [0.29, 0.717) is 13.1 Å². The van der Waals surface area contributed by atoms with Crippen LogP contribution in [0.2, 0.25) is 0 Å². The Kier molecular flexibility index (Phi) is 6.80. The Morgan fingerprint density at radius 3 is 2.47 bits per heavy atom. The molecular formula is C15H31N3O. The highest BCUT2D eigenvalue weighted by molar-refractivity contribution is 5.78. The summed E-state index contributed by atoms with van der Waals surface area (Å²) in [5, 5.41) is 3.09. The molecule has 4 heteroatoms. The Morgan fingerprint density at radius 2 is 2.00 bits per heavy atom. The molecule has 4 nitrogen and oxygen atoms in total. The van der Waals surface area contributed by atoms with Crippen LogP contribution in [0.4, 0.5) is 0 Å². The van der Waals surface area contributed by atoms with Crippen molar-refractivity contribution in [2.24, 2.45) is 5.73 Å². The first-order valence-corrected chi connectivity index (χ1v) is 7.82. The summed E-state index contributed by atoms with van der Waals surface area (Å²) < 4.78 is 0. The number of rotatable bonds is 8. The third-order valence-corrected chi connectivity index (χ3v) is 4.43. The van der Waals surface area contributed by atoms with E-state index in [4.69, 9.17) is 5.73 Å². The van der Waals surface area contributed by atoms with Crippen molar-refractivity contribution >= 4 is 5.91 Å². The molecule has 0 radical (unpaired) electrons. The van der Waals surface area contributed by atoms with Crippen LogP contribution in [0, 0.1) is 0 Å². The monoisotopic (exact) mass is 269 g/mol. The van der Waals surface area contributed by atoms with Crippen molar-refractivity contribution in [1.82, 2.24) is 10.2 Å². The molecule has 0 aromatic rings. The van der Waals surface area contributed by atoms with Crippen LogP contribution in [-0.4, -0.2) is 42.0 Å². The first kappa shape index (κ1) is 16.4. The van der Waals surface area contributed by atoms with Gasteiger partial charge in [0.1, 0.15) is 0 Å². The quantitative estimate of drug-likeness (QED) is 0.707. The van der Waals surface area contributed by atoms with E-state index in [1.54, 1.807) is 0 Å². The molecule has 1 aliphatic rings. The summed E-state index contributed by atoms with van der Waals surface area (Å²) in [7, 11) is 0. The number of nitrogens with zero attached hydrogens (tertiary/aromatic N) is 1. The third kappa shape index (κ3) is 4.46. The molecule has 3 N–H and O–H groups in total. The van der Waals surface area contributed by atoms with E-state index in [9.17, 15) is 4.79 Å². The van der Waals surface area contributed by atoms with Crippen molar-refractivity contribution < 1.29 is 4.79 Å².